The molecule has 2 heteroatoms. The molecular formula is C20H28N2. The lowest BCUT2D eigenvalue weighted by atomic mass is 9.94. The number of rotatable bonds is 6. The third-order valence-corrected chi connectivity index (χ3v) is 3.42. The van der Waals surface area contributed by atoms with Crippen molar-refractivity contribution in [2.45, 2.75) is 41.5 Å². The zero-order valence-electron chi connectivity index (χ0n) is 14.7. The van der Waals surface area contributed by atoms with Crippen LogP contribution in [0, 0.1) is 41.9 Å². The summed E-state index contributed by atoms with van der Waals surface area (Å²) in [7, 11) is 0. The minimum atomic E-state index is -0.0319. The van der Waals surface area contributed by atoms with Crippen LogP contribution in [0.4, 0.5) is 11.4 Å². The van der Waals surface area contributed by atoms with Gasteiger partial charge in [-0.3, -0.25) is 0 Å². The highest BCUT2D eigenvalue weighted by Crippen LogP contribution is 2.23. The Hall–Kier alpha value is -2.06. The van der Waals surface area contributed by atoms with E-state index in [1.807, 2.05) is 13.8 Å². The molecule has 0 aromatic heterocycles. The van der Waals surface area contributed by atoms with Gasteiger partial charge in [-0.2, -0.15) is 0 Å². The second-order valence-electron chi connectivity index (χ2n) is 6.32. The SMILES string of the molecule is CC#CC(C)CNc1ccc(C)c(NCC(C)(C)C#CC)c1. The van der Waals surface area contributed by atoms with Gasteiger partial charge in [0.2, 0.25) is 0 Å². The summed E-state index contributed by atoms with van der Waals surface area (Å²) in [6.45, 7) is 14.0. The summed E-state index contributed by atoms with van der Waals surface area (Å²) < 4.78 is 0. The molecule has 1 atom stereocenters. The molecule has 118 valence electrons. The highest BCUT2D eigenvalue weighted by Gasteiger charge is 2.14. The molecule has 0 radical (unpaired) electrons. The van der Waals surface area contributed by atoms with Gasteiger partial charge in [0.05, 0.1) is 0 Å². The van der Waals surface area contributed by atoms with Crippen molar-refractivity contribution in [3.63, 3.8) is 0 Å². The normalized spacial score (nSPS) is 11.5. The van der Waals surface area contributed by atoms with Gasteiger partial charge in [0.25, 0.3) is 0 Å². The summed E-state index contributed by atoms with van der Waals surface area (Å²) in [6.07, 6.45) is 0. The van der Waals surface area contributed by atoms with Crippen LogP contribution >= 0.6 is 0 Å². The smallest absolute Gasteiger partial charge is 0.0430 e. The molecule has 0 heterocycles. The molecule has 2 N–H and O–H groups in total. The first-order chi connectivity index (χ1) is 10.4. The van der Waals surface area contributed by atoms with Crippen molar-refractivity contribution >= 4 is 11.4 Å². The van der Waals surface area contributed by atoms with Crippen LogP contribution in [0.2, 0.25) is 0 Å². The average molecular weight is 296 g/mol. The van der Waals surface area contributed by atoms with E-state index in [1.54, 1.807) is 0 Å². The molecule has 1 aromatic rings. The Labute approximate surface area is 136 Å². The molecule has 0 fully saturated rings. The predicted octanol–water partition coefficient (Wildman–Crippen LogP) is 4.53. The molecule has 0 amide bonds. The van der Waals surface area contributed by atoms with E-state index in [0.717, 1.165) is 24.5 Å². The zero-order valence-corrected chi connectivity index (χ0v) is 14.7. The van der Waals surface area contributed by atoms with Crippen LogP contribution in [0.25, 0.3) is 0 Å². The fourth-order valence-electron chi connectivity index (χ4n) is 2.19. The zero-order chi connectivity index (χ0) is 16.6. The van der Waals surface area contributed by atoms with E-state index in [-0.39, 0.29) is 5.41 Å². The Morgan fingerprint density at radius 2 is 1.86 bits per heavy atom. The Bertz CT molecular complexity index is 606. The lowest BCUT2D eigenvalue weighted by Gasteiger charge is -2.21. The highest BCUT2D eigenvalue weighted by atomic mass is 14.9. The molecular weight excluding hydrogens is 268 g/mol. The largest absolute Gasteiger partial charge is 0.384 e. The topological polar surface area (TPSA) is 24.1 Å². The summed E-state index contributed by atoms with van der Waals surface area (Å²) in [5, 5.41) is 6.97. The quantitative estimate of drug-likeness (QED) is 0.754. The number of nitrogens with one attached hydrogen (secondary N) is 2. The second kappa shape index (κ2) is 8.40. The van der Waals surface area contributed by atoms with E-state index in [4.69, 9.17) is 0 Å². The van der Waals surface area contributed by atoms with Crippen LogP contribution in [-0.2, 0) is 0 Å². The van der Waals surface area contributed by atoms with Gasteiger partial charge in [-0.25, -0.2) is 0 Å². The molecule has 0 saturated carbocycles. The van der Waals surface area contributed by atoms with Gasteiger partial charge in [-0.05, 0) is 59.2 Å². The van der Waals surface area contributed by atoms with Gasteiger partial charge < -0.3 is 10.6 Å². The number of aryl methyl sites for hydroxylation is 1. The lowest BCUT2D eigenvalue weighted by molar-refractivity contribution is 0.537. The number of hydrogen-bond donors (Lipinski definition) is 2. The first-order valence-electron chi connectivity index (χ1n) is 7.82. The van der Waals surface area contributed by atoms with E-state index in [9.17, 15) is 0 Å². The molecule has 1 rings (SSSR count). The Kier molecular flexibility index (Phi) is 6.87. The van der Waals surface area contributed by atoms with Crippen molar-refractivity contribution in [1.82, 2.24) is 0 Å². The fourth-order valence-corrected chi connectivity index (χ4v) is 2.19. The van der Waals surface area contributed by atoms with E-state index in [0.29, 0.717) is 5.92 Å². The summed E-state index contributed by atoms with van der Waals surface area (Å²) in [6, 6.07) is 6.42. The van der Waals surface area contributed by atoms with Crippen LogP contribution in [-0.4, -0.2) is 13.1 Å². The second-order valence-corrected chi connectivity index (χ2v) is 6.32. The van der Waals surface area contributed by atoms with Crippen molar-refractivity contribution in [3.8, 4) is 23.7 Å². The third-order valence-electron chi connectivity index (χ3n) is 3.42. The first kappa shape index (κ1) is 18.0. The van der Waals surface area contributed by atoms with Crippen molar-refractivity contribution in [2.75, 3.05) is 23.7 Å². The summed E-state index contributed by atoms with van der Waals surface area (Å²) >= 11 is 0. The molecule has 0 aliphatic carbocycles. The van der Waals surface area contributed by atoms with Crippen molar-refractivity contribution in [1.29, 1.82) is 0 Å². The summed E-state index contributed by atoms with van der Waals surface area (Å²) in [4.78, 5) is 0. The fraction of sp³-hybridized carbons (Fsp3) is 0.500. The monoisotopic (exact) mass is 296 g/mol. The molecule has 0 aliphatic rings. The molecule has 0 bridgehead atoms. The Morgan fingerprint density at radius 1 is 1.14 bits per heavy atom. The number of anilines is 2. The van der Waals surface area contributed by atoms with Crippen LogP contribution in [0.5, 0.6) is 0 Å². The Morgan fingerprint density at radius 3 is 2.50 bits per heavy atom. The van der Waals surface area contributed by atoms with Gasteiger partial charge in [0, 0.05) is 35.8 Å². The maximum Gasteiger partial charge on any atom is 0.0430 e. The molecule has 0 spiro atoms. The van der Waals surface area contributed by atoms with Gasteiger partial charge in [0.1, 0.15) is 0 Å². The van der Waals surface area contributed by atoms with Crippen LogP contribution in [0.3, 0.4) is 0 Å². The maximum absolute atomic E-state index is 3.52. The summed E-state index contributed by atoms with van der Waals surface area (Å²) in [5.41, 5.74) is 3.49. The first-order valence-corrected chi connectivity index (χ1v) is 7.82. The Balaban J connectivity index is 2.72. The average Bonchev–Trinajstić information content (AvgIpc) is 2.45. The maximum atomic E-state index is 3.52. The van der Waals surface area contributed by atoms with Crippen molar-refractivity contribution in [2.24, 2.45) is 11.3 Å². The van der Waals surface area contributed by atoms with E-state index in [2.05, 4.69) is 80.2 Å². The molecule has 22 heavy (non-hydrogen) atoms. The van der Waals surface area contributed by atoms with Crippen LogP contribution in [0.15, 0.2) is 18.2 Å². The lowest BCUT2D eigenvalue weighted by Crippen LogP contribution is -2.21. The van der Waals surface area contributed by atoms with E-state index in [1.165, 1.54) is 5.56 Å². The standard InChI is InChI=1S/C20H28N2/c1-7-9-16(3)14-21-18-11-10-17(4)19(13-18)22-15-20(5,6)12-8-2/h10-11,13,16,21-22H,14-15H2,1-6H3. The summed E-state index contributed by atoms with van der Waals surface area (Å²) in [5.74, 6) is 12.7. The predicted molar refractivity (Wildman–Crippen MR) is 98.0 cm³/mol. The third kappa shape index (κ3) is 6.15. The van der Waals surface area contributed by atoms with Crippen LogP contribution < -0.4 is 10.6 Å². The minimum absolute atomic E-state index is 0.0319. The van der Waals surface area contributed by atoms with Crippen molar-refractivity contribution in [3.05, 3.63) is 23.8 Å². The molecule has 1 unspecified atom stereocenters. The van der Waals surface area contributed by atoms with Crippen LogP contribution in [0.1, 0.15) is 40.2 Å². The van der Waals surface area contributed by atoms with Gasteiger partial charge in [0.15, 0.2) is 0 Å². The molecule has 0 saturated heterocycles. The van der Waals surface area contributed by atoms with E-state index >= 15 is 0 Å². The molecule has 2 nitrogen and oxygen atoms in total. The van der Waals surface area contributed by atoms with Gasteiger partial charge in [-0.15, -0.1) is 11.8 Å². The van der Waals surface area contributed by atoms with Crippen molar-refractivity contribution < 1.29 is 0 Å². The van der Waals surface area contributed by atoms with Gasteiger partial charge >= 0.3 is 0 Å². The van der Waals surface area contributed by atoms with Gasteiger partial charge in [-0.1, -0.05) is 17.9 Å². The van der Waals surface area contributed by atoms with E-state index < -0.39 is 0 Å². The highest BCUT2D eigenvalue weighted by molar-refractivity contribution is 5.61. The number of hydrogen-bond acceptors (Lipinski definition) is 2. The molecule has 0 aliphatic heterocycles. The minimum Gasteiger partial charge on any atom is -0.384 e. The molecule has 1 aromatic carbocycles. The number of benzene rings is 1.